The van der Waals surface area contributed by atoms with E-state index >= 15 is 0 Å². The van der Waals surface area contributed by atoms with Crippen molar-refractivity contribution in [1.29, 1.82) is 0 Å². The van der Waals surface area contributed by atoms with Crippen LogP contribution in [0.5, 0.6) is 0 Å². The molecule has 0 aromatic heterocycles. The first kappa shape index (κ1) is 19.6. The molecule has 0 heterocycles. The molecule has 9 nitrogen and oxygen atoms in total. The normalized spacial score (nSPS) is 10.0. The molecule has 0 fully saturated rings. The summed E-state index contributed by atoms with van der Waals surface area (Å²) < 4.78 is 0. The lowest BCUT2D eigenvalue weighted by Gasteiger charge is -2.12. The number of nitrogens with zero attached hydrogens (tertiary/aromatic N) is 3. The molecule has 0 radical (unpaired) electrons. The Labute approximate surface area is 126 Å². The minimum atomic E-state index is -1.34. The first-order valence-electron chi connectivity index (χ1n) is 6.88. The second kappa shape index (κ2) is 11.3. The van der Waals surface area contributed by atoms with Crippen LogP contribution in [0.2, 0.25) is 0 Å². The topological polar surface area (TPSA) is 158 Å². The average Bonchev–Trinajstić information content (AvgIpc) is 2.39. The van der Waals surface area contributed by atoms with Crippen molar-refractivity contribution in [3.63, 3.8) is 0 Å². The van der Waals surface area contributed by atoms with Crippen LogP contribution in [0.4, 0.5) is 0 Å². The lowest BCUT2D eigenvalue weighted by atomic mass is 9.89. The van der Waals surface area contributed by atoms with Crippen LogP contribution in [0, 0.1) is 5.92 Å². The van der Waals surface area contributed by atoms with E-state index in [-0.39, 0.29) is 6.42 Å². The van der Waals surface area contributed by atoms with E-state index in [0.717, 1.165) is 6.42 Å². The third kappa shape index (κ3) is 9.49. The molecule has 0 aromatic rings. The lowest BCUT2D eigenvalue weighted by Crippen LogP contribution is -2.27. The Balaban J connectivity index is 4.37. The van der Waals surface area contributed by atoms with Crippen LogP contribution >= 0.6 is 0 Å². The summed E-state index contributed by atoms with van der Waals surface area (Å²) in [5.74, 6) is -5.37. The van der Waals surface area contributed by atoms with Gasteiger partial charge in [-0.25, -0.2) is 0 Å². The Morgan fingerprint density at radius 1 is 0.909 bits per heavy atom. The highest BCUT2D eigenvalue weighted by molar-refractivity contribution is 6.11. The molecule has 0 spiro atoms. The molecule has 122 valence electrons. The molecule has 22 heavy (non-hydrogen) atoms. The largest absolute Gasteiger partial charge is 0.481 e. The van der Waals surface area contributed by atoms with Gasteiger partial charge < -0.3 is 10.2 Å². The van der Waals surface area contributed by atoms with E-state index in [1.54, 1.807) is 0 Å². The highest BCUT2D eigenvalue weighted by atomic mass is 16.4. The summed E-state index contributed by atoms with van der Waals surface area (Å²) in [5.41, 5.74) is 8.10. The van der Waals surface area contributed by atoms with Crippen molar-refractivity contribution in [2.24, 2.45) is 11.0 Å². The Kier molecular flexibility index (Phi) is 10.0. The zero-order valence-electron chi connectivity index (χ0n) is 12.1. The molecule has 0 amide bonds. The standard InChI is InChI=1S/C13H19N3O6/c14-16-15-6-4-2-1-3-5-9(10(17)7-12(19)20)11(18)8-13(21)22/h9H,1-8H2,(H,19,20)(H,21,22). The Hall–Kier alpha value is -2.41. The number of carbonyl (C=O) groups is 4. The highest BCUT2D eigenvalue weighted by Crippen LogP contribution is 2.16. The number of ketones is 2. The first-order chi connectivity index (χ1) is 10.4. The molecule has 0 aliphatic carbocycles. The minimum Gasteiger partial charge on any atom is -0.481 e. The Morgan fingerprint density at radius 3 is 1.86 bits per heavy atom. The van der Waals surface area contributed by atoms with Gasteiger partial charge in [-0.2, -0.15) is 0 Å². The molecule has 0 bridgehead atoms. The molecule has 0 atom stereocenters. The summed E-state index contributed by atoms with van der Waals surface area (Å²) >= 11 is 0. The molecule has 0 aliphatic rings. The maximum Gasteiger partial charge on any atom is 0.310 e. The number of hydrogen-bond donors (Lipinski definition) is 2. The van der Waals surface area contributed by atoms with Gasteiger partial charge in [0.2, 0.25) is 0 Å². The highest BCUT2D eigenvalue weighted by Gasteiger charge is 2.28. The zero-order chi connectivity index (χ0) is 17.0. The van der Waals surface area contributed by atoms with E-state index in [9.17, 15) is 19.2 Å². The van der Waals surface area contributed by atoms with E-state index in [1.807, 2.05) is 0 Å². The molecular formula is C13H19N3O6. The van der Waals surface area contributed by atoms with Crippen molar-refractivity contribution < 1.29 is 29.4 Å². The predicted octanol–water partition coefficient (Wildman–Crippen LogP) is 1.95. The van der Waals surface area contributed by atoms with Crippen LogP contribution in [0.15, 0.2) is 5.11 Å². The molecule has 0 rings (SSSR count). The maximum atomic E-state index is 11.7. The molecule has 0 saturated carbocycles. The SMILES string of the molecule is [N-]=[N+]=NCCCCCCC(C(=O)CC(=O)O)C(=O)CC(=O)O. The molecule has 2 N–H and O–H groups in total. The van der Waals surface area contributed by atoms with E-state index in [2.05, 4.69) is 10.0 Å². The molecule has 0 unspecified atom stereocenters. The second-order valence-electron chi connectivity index (χ2n) is 4.78. The summed E-state index contributed by atoms with van der Waals surface area (Å²) in [7, 11) is 0. The van der Waals surface area contributed by atoms with Gasteiger partial charge in [0.1, 0.15) is 12.8 Å². The molecule has 0 saturated heterocycles. The van der Waals surface area contributed by atoms with Crippen LogP contribution in [0.3, 0.4) is 0 Å². The summed E-state index contributed by atoms with van der Waals surface area (Å²) in [6.45, 7) is 0.371. The smallest absolute Gasteiger partial charge is 0.310 e. The monoisotopic (exact) mass is 313 g/mol. The van der Waals surface area contributed by atoms with Gasteiger partial charge in [0, 0.05) is 11.5 Å². The number of carboxylic acids is 2. The van der Waals surface area contributed by atoms with Gasteiger partial charge in [-0.1, -0.05) is 24.4 Å². The van der Waals surface area contributed by atoms with Gasteiger partial charge in [0.05, 0.1) is 5.92 Å². The number of aliphatic carboxylic acids is 2. The van der Waals surface area contributed by atoms with Crippen LogP contribution in [0.25, 0.3) is 10.4 Å². The second-order valence-corrected chi connectivity index (χ2v) is 4.78. The quantitative estimate of drug-likeness (QED) is 0.174. The fourth-order valence-corrected chi connectivity index (χ4v) is 1.98. The summed E-state index contributed by atoms with van der Waals surface area (Å²) in [6, 6.07) is 0. The number of rotatable bonds is 13. The summed E-state index contributed by atoms with van der Waals surface area (Å²) in [5, 5.41) is 20.6. The van der Waals surface area contributed by atoms with Crippen LogP contribution in [-0.4, -0.2) is 40.3 Å². The van der Waals surface area contributed by atoms with Crippen LogP contribution < -0.4 is 0 Å². The number of carbonyl (C=O) groups excluding carboxylic acids is 2. The van der Waals surface area contributed by atoms with Crippen molar-refractivity contribution in [1.82, 2.24) is 0 Å². The van der Waals surface area contributed by atoms with Gasteiger partial charge in [0.15, 0.2) is 11.6 Å². The minimum absolute atomic E-state index is 0.139. The number of hydrogen-bond acceptors (Lipinski definition) is 5. The maximum absolute atomic E-state index is 11.7. The van der Waals surface area contributed by atoms with Crippen molar-refractivity contribution in [3.8, 4) is 0 Å². The number of carboxylic acid groups (broad SMARTS) is 2. The van der Waals surface area contributed by atoms with Crippen LogP contribution in [0.1, 0.15) is 44.9 Å². The van der Waals surface area contributed by atoms with E-state index in [4.69, 9.17) is 15.7 Å². The third-order valence-corrected chi connectivity index (χ3v) is 2.99. The van der Waals surface area contributed by atoms with E-state index < -0.39 is 42.3 Å². The molecule has 9 heteroatoms. The fourth-order valence-electron chi connectivity index (χ4n) is 1.98. The number of azide groups is 1. The third-order valence-electron chi connectivity index (χ3n) is 2.99. The first-order valence-corrected chi connectivity index (χ1v) is 6.88. The van der Waals surface area contributed by atoms with Crippen molar-refractivity contribution in [2.75, 3.05) is 6.54 Å². The van der Waals surface area contributed by atoms with E-state index in [0.29, 0.717) is 25.8 Å². The lowest BCUT2D eigenvalue weighted by molar-refractivity contribution is -0.143. The van der Waals surface area contributed by atoms with E-state index in [1.165, 1.54) is 0 Å². The van der Waals surface area contributed by atoms with Gasteiger partial charge in [0.25, 0.3) is 0 Å². The number of Topliss-reactive ketones (excluding diaryl/α,β-unsaturated/α-hetero) is 2. The average molecular weight is 313 g/mol. The van der Waals surface area contributed by atoms with Crippen molar-refractivity contribution in [3.05, 3.63) is 10.4 Å². The van der Waals surface area contributed by atoms with Gasteiger partial charge >= 0.3 is 11.9 Å². The summed E-state index contributed by atoms with van der Waals surface area (Å²) in [6.07, 6.45) is 1.17. The predicted molar refractivity (Wildman–Crippen MR) is 75.1 cm³/mol. The summed E-state index contributed by atoms with van der Waals surface area (Å²) in [4.78, 5) is 47.2. The molecular weight excluding hydrogens is 294 g/mol. The van der Waals surface area contributed by atoms with Crippen LogP contribution in [-0.2, 0) is 19.2 Å². The molecule has 0 aliphatic heterocycles. The van der Waals surface area contributed by atoms with Crippen molar-refractivity contribution >= 4 is 23.5 Å². The molecule has 0 aromatic carbocycles. The Bertz CT molecular complexity index is 442. The zero-order valence-corrected chi connectivity index (χ0v) is 12.1. The van der Waals surface area contributed by atoms with Gasteiger partial charge in [-0.05, 0) is 18.4 Å². The van der Waals surface area contributed by atoms with Crippen molar-refractivity contribution in [2.45, 2.75) is 44.9 Å². The van der Waals surface area contributed by atoms with Gasteiger partial charge in [-0.3, -0.25) is 19.2 Å². The number of unbranched alkanes of at least 4 members (excludes halogenated alkanes) is 3. The fraction of sp³-hybridized carbons (Fsp3) is 0.692. The van der Waals surface area contributed by atoms with Gasteiger partial charge in [-0.15, -0.1) is 0 Å². The Morgan fingerprint density at radius 2 is 1.41 bits per heavy atom.